The highest BCUT2D eigenvalue weighted by Gasteiger charge is 2.14. The molecule has 0 N–H and O–H groups in total. The van der Waals surface area contributed by atoms with Crippen molar-refractivity contribution in [3.05, 3.63) is 78.9 Å². The Hall–Kier alpha value is -5.13. The van der Waals surface area contributed by atoms with E-state index < -0.39 is 30.0 Å². The molecule has 0 atom stereocenters. The first-order valence-electron chi connectivity index (χ1n) is 13.4. The lowest BCUT2D eigenvalue weighted by Crippen LogP contribution is -2.14. The van der Waals surface area contributed by atoms with Crippen LogP contribution >= 0.6 is 0 Å². The Kier molecular flexibility index (Phi) is 15.1. The second-order valence-electron chi connectivity index (χ2n) is 8.59. The van der Waals surface area contributed by atoms with E-state index in [0.29, 0.717) is 25.0 Å². The first-order valence-corrected chi connectivity index (χ1v) is 13.4. The molecule has 0 amide bonds. The predicted molar refractivity (Wildman–Crippen MR) is 152 cm³/mol. The van der Waals surface area contributed by atoms with Crippen molar-refractivity contribution >= 4 is 30.0 Å². The van der Waals surface area contributed by atoms with E-state index in [1.165, 1.54) is 24.3 Å². The van der Waals surface area contributed by atoms with E-state index in [1.807, 2.05) is 0 Å². The number of carbonyl (C=O) groups excluding carboxylic acids is 5. The van der Waals surface area contributed by atoms with Gasteiger partial charge in [0, 0.05) is 18.1 Å². The molecule has 43 heavy (non-hydrogen) atoms. The molecule has 12 heteroatoms. The fourth-order valence-corrected chi connectivity index (χ4v) is 3.12. The van der Waals surface area contributed by atoms with Crippen LogP contribution in [0.25, 0.3) is 0 Å². The molecule has 0 aliphatic carbocycles. The van der Waals surface area contributed by atoms with Gasteiger partial charge < -0.3 is 33.2 Å². The molecular formula is C31H34O12. The van der Waals surface area contributed by atoms with Gasteiger partial charge in [-0.1, -0.05) is 13.2 Å². The molecule has 2 aromatic carbocycles. The molecule has 0 radical (unpaired) electrons. The van der Waals surface area contributed by atoms with E-state index in [-0.39, 0.29) is 62.1 Å². The molecule has 0 fully saturated rings. The third kappa shape index (κ3) is 13.9. The van der Waals surface area contributed by atoms with Gasteiger partial charge in [-0.05, 0) is 68.3 Å². The number of unbranched alkanes of at least 4 members (excludes halogenated alkanes) is 1. The van der Waals surface area contributed by atoms with E-state index in [2.05, 4.69) is 13.2 Å². The molecule has 0 aliphatic heterocycles. The number of hydrogen-bond acceptors (Lipinski definition) is 12. The van der Waals surface area contributed by atoms with Crippen molar-refractivity contribution in [2.75, 3.05) is 33.0 Å². The molecule has 0 saturated heterocycles. The van der Waals surface area contributed by atoms with Crippen LogP contribution < -0.4 is 14.2 Å². The van der Waals surface area contributed by atoms with Crippen molar-refractivity contribution in [2.45, 2.75) is 32.6 Å². The van der Waals surface area contributed by atoms with Gasteiger partial charge in [0.2, 0.25) is 0 Å². The van der Waals surface area contributed by atoms with Gasteiger partial charge >= 0.3 is 30.0 Å². The number of ether oxygens (including phenoxy) is 7. The van der Waals surface area contributed by atoms with Crippen molar-refractivity contribution in [2.24, 2.45) is 0 Å². The van der Waals surface area contributed by atoms with Crippen molar-refractivity contribution in [3.8, 4) is 17.2 Å². The largest absolute Gasteiger partial charge is 0.513 e. The number of hydrogen-bond donors (Lipinski definition) is 0. The van der Waals surface area contributed by atoms with Crippen LogP contribution in [0.2, 0.25) is 0 Å². The maximum atomic E-state index is 12.5. The summed E-state index contributed by atoms with van der Waals surface area (Å²) in [6.45, 7) is 9.33. The summed E-state index contributed by atoms with van der Waals surface area (Å²) < 4.78 is 35.6. The van der Waals surface area contributed by atoms with E-state index in [1.54, 1.807) is 31.2 Å². The lowest BCUT2D eigenvalue weighted by atomic mass is 10.2. The summed E-state index contributed by atoms with van der Waals surface area (Å²) in [4.78, 5) is 58.4. The first kappa shape index (κ1) is 34.1. The molecule has 2 rings (SSSR count). The van der Waals surface area contributed by atoms with Crippen molar-refractivity contribution in [1.82, 2.24) is 0 Å². The van der Waals surface area contributed by atoms with Gasteiger partial charge in [-0.3, -0.25) is 4.79 Å². The van der Waals surface area contributed by atoms with Crippen LogP contribution in [0, 0.1) is 0 Å². The molecule has 0 heterocycles. The second kappa shape index (κ2) is 19.1. The van der Waals surface area contributed by atoms with Gasteiger partial charge in [0.15, 0.2) is 0 Å². The third-order valence-corrected chi connectivity index (χ3v) is 5.24. The monoisotopic (exact) mass is 598 g/mol. The lowest BCUT2D eigenvalue weighted by molar-refractivity contribution is -0.146. The average molecular weight is 599 g/mol. The average Bonchev–Trinajstić information content (AvgIpc) is 2.99. The Labute approximate surface area is 249 Å². The Morgan fingerprint density at radius 2 is 1.28 bits per heavy atom. The standard InChI is InChI=1S/C31H34O12/c1-4-27(32)39-17-6-7-18-41-31(36)43-26-11-9-23(10-12-26)30(35)42-25-15-13-24(14-16-25)38-19-8-20-40-29(34)22(3)21-28(33)37-5-2/h4,9-16H,1,3,5-8,17-21H2,2H3. The van der Waals surface area contributed by atoms with E-state index >= 15 is 0 Å². The van der Waals surface area contributed by atoms with Crippen LogP contribution in [0.3, 0.4) is 0 Å². The molecule has 12 nitrogen and oxygen atoms in total. The summed E-state index contributed by atoms with van der Waals surface area (Å²) in [7, 11) is 0. The Morgan fingerprint density at radius 1 is 0.698 bits per heavy atom. The SMILES string of the molecule is C=CC(=O)OCCCCOC(=O)Oc1ccc(C(=O)Oc2ccc(OCCCOC(=O)C(=C)CC(=O)OCC)cc2)cc1. The van der Waals surface area contributed by atoms with Crippen LogP contribution in [-0.2, 0) is 33.3 Å². The molecule has 0 bridgehead atoms. The second-order valence-corrected chi connectivity index (χ2v) is 8.59. The van der Waals surface area contributed by atoms with Crippen molar-refractivity contribution in [3.63, 3.8) is 0 Å². The van der Waals surface area contributed by atoms with Gasteiger partial charge in [-0.15, -0.1) is 0 Å². The summed E-state index contributed by atoms with van der Waals surface area (Å²) in [5.74, 6) is -1.36. The minimum atomic E-state index is -0.904. The molecule has 230 valence electrons. The van der Waals surface area contributed by atoms with Gasteiger partial charge in [0.1, 0.15) is 17.2 Å². The van der Waals surface area contributed by atoms with E-state index in [0.717, 1.165) is 6.08 Å². The van der Waals surface area contributed by atoms with Gasteiger partial charge in [-0.25, -0.2) is 19.2 Å². The zero-order valence-electron chi connectivity index (χ0n) is 23.9. The molecular weight excluding hydrogens is 564 g/mol. The zero-order valence-corrected chi connectivity index (χ0v) is 23.9. The first-order chi connectivity index (χ1) is 20.7. The highest BCUT2D eigenvalue weighted by molar-refractivity contribution is 5.93. The Bertz CT molecular complexity index is 1250. The molecule has 0 saturated carbocycles. The lowest BCUT2D eigenvalue weighted by Gasteiger charge is -2.09. The molecule has 0 aliphatic rings. The number of benzene rings is 2. The fraction of sp³-hybridized carbons (Fsp3) is 0.323. The normalized spacial score (nSPS) is 10.1. The summed E-state index contributed by atoms with van der Waals surface area (Å²) in [5, 5.41) is 0. The number of carbonyl (C=O) groups is 5. The highest BCUT2D eigenvalue weighted by Crippen LogP contribution is 2.20. The number of rotatable bonds is 18. The fourth-order valence-electron chi connectivity index (χ4n) is 3.12. The maximum absolute atomic E-state index is 12.5. The molecule has 0 unspecified atom stereocenters. The smallest absolute Gasteiger partial charge is 0.493 e. The summed E-state index contributed by atoms with van der Waals surface area (Å²) in [6, 6.07) is 12.1. The molecule has 0 aromatic heterocycles. The Balaban J connectivity index is 1.65. The third-order valence-electron chi connectivity index (χ3n) is 5.24. The van der Waals surface area contributed by atoms with E-state index in [4.69, 9.17) is 33.2 Å². The van der Waals surface area contributed by atoms with Crippen LogP contribution in [0.15, 0.2) is 73.3 Å². The summed E-state index contributed by atoms with van der Waals surface area (Å²) in [6.07, 6.45) is 1.33. The summed E-state index contributed by atoms with van der Waals surface area (Å²) in [5.41, 5.74) is 0.249. The molecule has 2 aromatic rings. The summed E-state index contributed by atoms with van der Waals surface area (Å²) >= 11 is 0. The van der Waals surface area contributed by atoms with Gasteiger partial charge in [0.25, 0.3) is 0 Å². The van der Waals surface area contributed by atoms with Crippen LogP contribution in [0.1, 0.15) is 43.0 Å². The highest BCUT2D eigenvalue weighted by atomic mass is 16.7. The zero-order chi connectivity index (χ0) is 31.5. The maximum Gasteiger partial charge on any atom is 0.513 e. The van der Waals surface area contributed by atoms with Crippen LogP contribution in [0.5, 0.6) is 17.2 Å². The molecule has 0 spiro atoms. The topological polar surface area (TPSA) is 150 Å². The quantitative estimate of drug-likeness (QED) is 0.0582. The predicted octanol–water partition coefficient (Wildman–Crippen LogP) is 4.75. The van der Waals surface area contributed by atoms with Crippen molar-refractivity contribution < 1.29 is 57.1 Å². The van der Waals surface area contributed by atoms with Crippen molar-refractivity contribution in [1.29, 1.82) is 0 Å². The van der Waals surface area contributed by atoms with Crippen LogP contribution in [0.4, 0.5) is 4.79 Å². The van der Waals surface area contributed by atoms with Gasteiger partial charge in [-0.2, -0.15) is 0 Å². The number of esters is 4. The minimum Gasteiger partial charge on any atom is -0.493 e. The van der Waals surface area contributed by atoms with Crippen LogP contribution in [-0.4, -0.2) is 63.1 Å². The van der Waals surface area contributed by atoms with Gasteiger partial charge in [0.05, 0.1) is 45.0 Å². The Morgan fingerprint density at radius 3 is 1.93 bits per heavy atom. The minimum absolute atomic E-state index is 0.0174. The van der Waals surface area contributed by atoms with E-state index in [9.17, 15) is 24.0 Å².